The summed E-state index contributed by atoms with van der Waals surface area (Å²) in [5.41, 5.74) is 0. The summed E-state index contributed by atoms with van der Waals surface area (Å²) in [6.45, 7) is 1.80. The molecular weight excluding hydrogens is 258 g/mol. The molecular formula is C10H15N3O4S. The first-order chi connectivity index (χ1) is 8.44. The lowest BCUT2D eigenvalue weighted by atomic mass is 10.2. The van der Waals surface area contributed by atoms with Gasteiger partial charge in [-0.2, -0.15) is 0 Å². The zero-order valence-electron chi connectivity index (χ0n) is 9.97. The number of anilines is 1. The largest absolute Gasteiger partial charge is 0.360 e. The predicted octanol–water partition coefficient (Wildman–Crippen LogP) is -0.302. The predicted molar refractivity (Wildman–Crippen MR) is 64.9 cm³/mol. The van der Waals surface area contributed by atoms with Gasteiger partial charge in [-0.1, -0.05) is 5.16 Å². The van der Waals surface area contributed by atoms with Gasteiger partial charge >= 0.3 is 0 Å². The van der Waals surface area contributed by atoms with Crippen LogP contribution in [0, 0.1) is 6.92 Å². The highest BCUT2D eigenvalue weighted by Crippen LogP contribution is 2.11. The number of aryl methyl sites for hydroxylation is 1. The summed E-state index contributed by atoms with van der Waals surface area (Å²) in [7, 11) is -2.97. The van der Waals surface area contributed by atoms with Gasteiger partial charge in [0.15, 0.2) is 15.7 Å². The summed E-state index contributed by atoms with van der Waals surface area (Å²) < 4.78 is 27.3. The maximum absolute atomic E-state index is 11.6. The molecule has 8 heteroatoms. The van der Waals surface area contributed by atoms with E-state index in [2.05, 4.69) is 15.8 Å². The first-order valence-electron chi connectivity index (χ1n) is 5.61. The molecule has 0 radical (unpaired) electrons. The molecule has 1 aromatic rings. The highest BCUT2D eigenvalue weighted by Gasteiger charge is 2.28. The number of amides is 1. The lowest BCUT2D eigenvalue weighted by molar-refractivity contribution is -0.119. The molecule has 0 spiro atoms. The van der Waals surface area contributed by atoms with Crippen LogP contribution in [-0.2, 0) is 14.6 Å². The number of carbonyl (C=O) groups excluding carboxylic acids is 1. The second-order valence-corrected chi connectivity index (χ2v) is 6.57. The minimum atomic E-state index is -2.97. The molecule has 100 valence electrons. The number of aromatic nitrogens is 1. The van der Waals surface area contributed by atoms with Crippen molar-refractivity contribution in [2.75, 3.05) is 23.4 Å². The molecule has 1 amide bonds. The second kappa shape index (κ2) is 4.97. The first-order valence-corrected chi connectivity index (χ1v) is 7.44. The maximum Gasteiger partial charge on any atom is 0.239 e. The van der Waals surface area contributed by atoms with Crippen molar-refractivity contribution in [1.82, 2.24) is 10.5 Å². The van der Waals surface area contributed by atoms with E-state index in [0.717, 1.165) is 0 Å². The fraction of sp³-hybridized carbons (Fsp3) is 0.600. The van der Waals surface area contributed by atoms with E-state index in [4.69, 9.17) is 4.52 Å². The van der Waals surface area contributed by atoms with Gasteiger partial charge in [-0.05, 0) is 13.3 Å². The zero-order chi connectivity index (χ0) is 13.2. The van der Waals surface area contributed by atoms with E-state index in [9.17, 15) is 13.2 Å². The van der Waals surface area contributed by atoms with Crippen LogP contribution >= 0.6 is 0 Å². The molecule has 1 aliphatic rings. The van der Waals surface area contributed by atoms with E-state index < -0.39 is 9.84 Å². The summed E-state index contributed by atoms with van der Waals surface area (Å²) >= 11 is 0. The molecule has 1 aromatic heterocycles. The Bertz CT molecular complexity index is 537. The summed E-state index contributed by atoms with van der Waals surface area (Å²) in [5.74, 6) is 1.06. The number of hydrogen-bond acceptors (Lipinski definition) is 6. The molecule has 0 aliphatic carbocycles. The Morgan fingerprint density at radius 2 is 2.39 bits per heavy atom. The highest BCUT2D eigenvalue weighted by atomic mass is 32.2. The topological polar surface area (TPSA) is 101 Å². The molecule has 0 saturated carbocycles. The van der Waals surface area contributed by atoms with E-state index in [0.29, 0.717) is 18.0 Å². The Kier molecular flexibility index (Phi) is 3.55. The Labute approximate surface area is 105 Å². The summed E-state index contributed by atoms with van der Waals surface area (Å²) in [6.07, 6.45) is 0.483. The van der Waals surface area contributed by atoms with Crippen molar-refractivity contribution in [2.45, 2.75) is 19.4 Å². The molecule has 2 rings (SSSR count). The zero-order valence-corrected chi connectivity index (χ0v) is 10.8. The minimum absolute atomic E-state index is 0.0296. The highest BCUT2D eigenvalue weighted by molar-refractivity contribution is 7.91. The van der Waals surface area contributed by atoms with Crippen molar-refractivity contribution < 1.29 is 17.7 Å². The van der Waals surface area contributed by atoms with Crippen LogP contribution in [0.25, 0.3) is 0 Å². The third-order valence-electron chi connectivity index (χ3n) is 2.66. The van der Waals surface area contributed by atoms with Crippen LogP contribution in [0.4, 0.5) is 5.82 Å². The standard InChI is InChI=1S/C10H15N3O4S/c1-7-4-9(13-17-7)11-5-10(14)12-8-2-3-18(15,16)6-8/h4,8H,2-3,5-6H2,1H3,(H,11,13)(H,12,14). The normalized spacial score (nSPS) is 21.7. The molecule has 7 nitrogen and oxygen atoms in total. The fourth-order valence-corrected chi connectivity index (χ4v) is 3.48. The maximum atomic E-state index is 11.6. The second-order valence-electron chi connectivity index (χ2n) is 4.34. The molecule has 1 aliphatic heterocycles. The number of carbonyl (C=O) groups is 1. The van der Waals surface area contributed by atoms with Crippen molar-refractivity contribution >= 4 is 21.6 Å². The minimum Gasteiger partial charge on any atom is -0.360 e. The molecule has 2 N–H and O–H groups in total. The van der Waals surface area contributed by atoms with Crippen molar-refractivity contribution in [3.8, 4) is 0 Å². The number of nitrogens with one attached hydrogen (secondary N) is 2. The van der Waals surface area contributed by atoms with E-state index in [1.807, 2.05) is 0 Å². The van der Waals surface area contributed by atoms with Gasteiger partial charge in [0.2, 0.25) is 5.91 Å². The molecule has 1 fully saturated rings. The molecule has 1 unspecified atom stereocenters. The molecule has 1 atom stereocenters. The van der Waals surface area contributed by atoms with Gasteiger partial charge in [0.1, 0.15) is 5.76 Å². The Morgan fingerprint density at radius 3 is 2.94 bits per heavy atom. The lowest BCUT2D eigenvalue weighted by Crippen LogP contribution is -2.39. The number of nitrogens with zero attached hydrogens (tertiary/aromatic N) is 1. The fourth-order valence-electron chi connectivity index (χ4n) is 1.81. The van der Waals surface area contributed by atoms with Crippen LogP contribution in [0.5, 0.6) is 0 Å². The summed E-state index contributed by atoms with van der Waals surface area (Å²) in [5, 5.41) is 9.15. The van der Waals surface area contributed by atoms with E-state index >= 15 is 0 Å². The van der Waals surface area contributed by atoms with E-state index in [1.165, 1.54) is 0 Å². The molecule has 2 heterocycles. The third-order valence-corrected chi connectivity index (χ3v) is 4.42. The van der Waals surface area contributed by atoms with Gasteiger partial charge in [0.25, 0.3) is 0 Å². The summed E-state index contributed by atoms with van der Waals surface area (Å²) in [6, 6.07) is 1.40. The van der Waals surface area contributed by atoms with Crippen LogP contribution in [0.3, 0.4) is 0 Å². The van der Waals surface area contributed by atoms with Crippen LogP contribution in [0.2, 0.25) is 0 Å². The quantitative estimate of drug-likeness (QED) is 0.781. The van der Waals surface area contributed by atoms with Gasteiger partial charge in [0.05, 0.1) is 18.1 Å². The Balaban J connectivity index is 1.76. The van der Waals surface area contributed by atoms with Crippen molar-refractivity contribution in [1.29, 1.82) is 0 Å². The van der Waals surface area contributed by atoms with E-state index in [-0.39, 0.29) is 30.0 Å². The Morgan fingerprint density at radius 1 is 1.61 bits per heavy atom. The van der Waals surface area contributed by atoms with Crippen LogP contribution in [0.1, 0.15) is 12.2 Å². The average molecular weight is 273 g/mol. The Hall–Kier alpha value is -1.57. The van der Waals surface area contributed by atoms with Gasteiger partial charge in [-0.3, -0.25) is 4.79 Å². The molecule has 18 heavy (non-hydrogen) atoms. The molecule has 1 saturated heterocycles. The van der Waals surface area contributed by atoms with E-state index in [1.54, 1.807) is 13.0 Å². The van der Waals surface area contributed by atoms with Crippen LogP contribution in [0.15, 0.2) is 10.6 Å². The number of hydrogen-bond donors (Lipinski definition) is 2. The van der Waals surface area contributed by atoms with Gasteiger partial charge in [0, 0.05) is 12.1 Å². The van der Waals surface area contributed by atoms with Crippen LogP contribution in [-0.4, -0.2) is 43.6 Å². The molecule has 0 bridgehead atoms. The average Bonchev–Trinajstić information content (AvgIpc) is 2.82. The van der Waals surface area contributed by atoms with Crippen molar-refractivity contribution in [3.63, 3.8) is 0 Å². The van der Waals surface area contributed by atoms with Crippen LogP contribution < -0.4 is 10.6 Å². The number of sulfone groups is 1. The van der Waals surface area contributed by atoms with Gasteiger partial charge < -0.3 is 15.2 Å². The number of rotatable bonds is 4. The van der Waals surface area contributed by atoms with Gasteiger partial charge in [-0.25, -0.2) is 8.42 Å². The van der Waals surface area contributed by atoms with Crippen molar-refractivity contribution in [3.05, 3.63) is 11.8 Å². The SMILES string of the molecule is Cc1cc(NCC(=O)NC2CCS(=O)(=O)C2)no1. The first kappa shape index (κ1) is 12.9. The third kappa shape index (κ3) is 3.46. The summed E-state index contributed by atoms with van der Waals surface area (Å²) in [4.78, 5) is 11.6. The smallest absolute Gasteiger partial charge is 0.239 e. The molecule has 0 aromatic carbocycles. The monoisotopic (exact) mass is 273 g/mol. The van der Waals surface area contributed by atoms with Crippen molar-refractivity contribution in [2.24, 2.45) is 0 Å². The lowest BCUT2D eigenvalue weighted by Gasteiger charge is -2.10. The van der Waals surface area contributed by atoms with Gasteiger partial charge in [-0.15, -0.1) is 0 Å².